The van der Waals surface area contributed by atoms with Crippen molar-refractivity contribution in [3.63, 3.8) is 0 Å². The molecule has 0 aliphatic rings. The molecular formula is C17H21NO2. The third kappa shape index (κ3) is 3.11. The molecule has 3 nitrogen and oxygen atoms in total. The summed E-state index contributed by atoms with van der Waals surface area (Å²) in [4.78, 5) is 0. The Labute approximate surface area is 120 Å². The van der Waals surface area contributed by atoms with Crippen molar-refractivity contribution in [2.24, 2.45) is 5.73 Å². The van der Waals surface area contributed by atoms with E-state index < -0.39 is 0 Å². The standard InChI is InChI=1S/C17H21NO2/c1-12(2)20-16-11-7-5-9-14(16)17(18)13-8-4-6-10-15(13)19-3/h4-12,17H,18H2,1-3H3. The van der Waals surface area contributed by atoms with Gasteiger partial charge in [0.25, 0.3) is 0 Å². The maximum Gasteiger partial charge on any atom is 0.124 e. The van der Waals surface area contributed by atoms with Crippen LogP contribution in [0.1, 0.15) is 31.0 Å². The van der Waals surface area contributed by atoms with Crippen LogP contribution in [0.5, 0.6) is 11.5 Å². The molecule has 2 aromatic rings. The van der Waals surface area contributed by atoms with Crippen LogP contribution in [0.2, 0.25) is 0 Å². The number of rotatable bonds is 5. The molecule has 106 valence electrons. The van der Waals surface area contributed by atoms with Crippen molar-refractivity contribution in [2.45, 2.75) is 26.0 Å². The van der Waals surface area contributed by atoms with Crippen LogP contribution in [-0.2, 0) is 0 Å². The Bertz CT molecular complexity index is 566. The molecule has 0 radical (unpaired) electrons. The van der Waals surface area contributed by atoms with Gasteiger partial charge in [-0.15, -0.1) is 0 Å². The molecule has 20 heavy (non-hydrogen) atoms. The second-order valence-corrected chi connectivity index (χ2v) is 4.92. The van der Waals surface area contributed by atoms with Gasteiger partial charge >= 0.3 is 0 Å². The van der Waals surface area contributed by atoms with E-state index in [4.69, 9.17) is 15.2 Å². The summed E-state index contributed by atoms with van der Waals surface area (Å²) in [7, 11) is 1.65. The Kier molecular flexibility index (Phi) is 4.64. The van der Waals surface area contributed by atoms with Gasteiger partial charge in [-0.2, -0.15) is 0 Å². The van der Waals surface area contributed by atoms with Gasteiger partial charge in [-0.25, -0.2) is 0 Å². The van der Waals surface area contributed by atoms with E-state index in [-0.39, 0.29) is 12.1 Å². The molecule has 2 N–H and O–H groups in total. The Hall–Kier alpha value is -2.00. The summed E-state index contributed by atoms with van der Waals surface area (Å²) in [6.07, 6.45) is 0.112. The van der Waals surface area contributed by atoms with Gasteiger partial charge in [-0.05, 0) is 26.0 Å². The fourth-order valence-corrected chi connectivity index (χ4v) is 2.19. The van der Waals surface area contributed by atoms with Crippen molar-refractivity contribution in [2.75, 3.05) is 7.11 Å². The smallest absolute Gasteiger partial charge is 0.124 e. The van der Waals surface area contributed by atoms with Gasteiger partial charge in [0, 0.05) is 11.1 Å². The normalized spacial score (nSPS) is 12.2. The van der Waals surface area contributed by atoms with Crippen molar-refractivity contribution in [1.82, 2.24) is 0 Å². The predicted octanol–water partition coefficient (Wildman–Crippen LogP) is 3.53. The molecule has 2 aromatic carbocycles. The van der Waals surface area contributed by atoms with E-state index in [9.17, 15) is 0 Å². The largest absolute Gasteiger partial charge is 0.496 e. The average Bonchev–Trinajstić information content (AvgIpc) is 2.46. The summed E-state index contributed by atoms with van der Waals surface area (Å²) in [5.41, 5.74) is 8.33. The SMILES string of the molecule is COc1ccccc1C(N)c1ccccc1OC(C)C. The van der Waals surface area contributed by atoms with E-state index >= 15 is 0 Å². The number of hydrogen-bond acceptors (Lipinski definition) is 3. The van der Waals surface area contributed by atoms with Crippen LogP contribution in [0.25, 0.3) is 0 Å². The molecule has 2 rings (SSSR count). The monoisotopic (exact) mass is 271 g/mol. The zero-order valence-corrected chi connectivity index (χ0v) is 12.2. The fourth-order valence-electron chi connectivity index (χ4n) is 2.19. The Balaban J connectivity index is 2.40. The molecule has 0 spiro atoms. The van der Waals surface area contributed by atoms with Crippen LogP contribution in [0.3, 0.4) is 0 Å². The highest BCUT2D eigenvalue weighted by molar-refractivity contribution is 5.46. The number of ether oxygens (including phenoxy) is 2. The summed E-state index contributed by atoms with van der Waals surface area (Å²) in [6, 6.07) is 15.4. The molecule has 0 amide bonds. The lowest BCUT2D eigenvalue weighted by molar-refractivity contribution is 0.239. The van der Waals surface area contributed by atoms with E-state index in [1.54, 1.807) is 7.11 Å². The van der Waals surface area contributed by atoms with Gasteiger partial charge in [0.1, 0.15) is 11.5 Å². The van der Waals surface area contributed by atoms with Gasteiger partial charge < -0.3 is 15.2 Å². The maximum atomic E-state index is 6.41. The predicted molar refractivity (Wildman–Crippen MR) is 81.2 cm³/mol. The lowest BCUT2D eigenvalue weighted by atomic mass is 9.98. The summed E-state index contributed by atoms with van der Waals surface area (Å²) in [6.45, 7) is 4.01. The number of nitrogens with two attached hydrogens (primary N) is 1. The Morgan fingerprint density at radius 2 is 1.35 bits per heavy atom. The minimum Gasteiger partial charge on any atom is -0.496 e. The third-order valence-electron chi connectivity index (χ3n) is 3.09. The van der Waals surface area contributed by atoms with Crippen molar-refractivity contribution in [3.05, 3.63) is 59.7 Å². The first-order chi connectivity index (χ1) is 9.63. The highest BCUT2D eigenvalue weighted by atomic mass is 16.5. The fraction of sp³-hybridized carbons (Fsp3) is 0.294. The van der Waals surface area contributed by atoms with Crippen LogP contribution in [-0.4, -0.2) is 13.2 Å². The van der Waals surface area contributed by atoms with Crippen LogP contribution in [0.15, 0.2) is 48.5 Å². The Morgan fingerprint density at radius 3 is 1.90 bits per heavy atom. The molecule has 1 atom stereocenters. The van der Waals surface area contributed by atoms with Gasteiger partial charge in [0.2, 0.25) is 0 Å². The molecule has 1 unspecified atom stereocenters. The summed E-state index contributed by atoms with van der Waals surface area (Å²) in [5.74, 6) is 1.61. The first kappa shape index (κ1) is 14.4. The molecule has 0 aliphatic carbocycles. The maximum absolute atomic E-state index is 6.41. The summed E-state index contributed by atoms with van der Waals surface area (Å²) in [5, 5.41) is 0. The molecule has 0 aromatic heterocycles. The van der Waals surface area contributed by atoms with Gasteiger partial charge in [-0.3, -0.25) is 0 Å². The molecule has 0 saturated carbocycles. The van der Waals surface area contributed by atoms with E-state index in [1.165, 1.54) is 0 Å². The molecule has 0 bridgehead atoms. The molecule has 3 heteroatoms. The van der Waals surface area contributed by atoms with E-state index in [0.29, 0.717) is 0 Å². The van der Waals surface area contributed by atoms with Gasteiger partial charge in [0.15, 0.2) is 0 Å². The van der Waals surface area contributed by atoms with Crippen molar-refractivity contribution in [3.8, 4) is 11.5 Å². The first-order valence-corrected chi connectivity index (χ1v) is 6.77. The summed E-state index contributed by atoms with van der Waals surface area (Å²) < 4.78 is 11.2. The van der Waals surface area contributed by atoms with Crippen LogP contribution < -0.4 is 15.2 Å². The molecule has 0 aliphatic heterocycles. The first-order valence-electron chi connectivity index (χ1n) is 6.77. The molecule has 0 fully saturated rings. The molecule has 0 heterocycles. The minimum atomic E-state index is -0.277. The van der Waals surface area contributed by atoms with Crippen LogP contribution >= 0.6 is 0 Å². The van der Waals surface area contributed by atoms with E-state index in [0.717, 1.165) is 22.6 Å². The zero-order valence-electron chi connectivity index (χ0n) is 12.2. The van der Waals surface area contributed by atoms with Gasteiger partial charge in [0.05, 0.1) is 19.3 Å². The van der Waals surface area contributed by atoms with Crippen LogP contribution in [0, 0.1) is 0 Å². The molecule has 0 saturated heterocycles. The quantitative estimate of drug-likeness (QED) is 0.904. The second kappa shape index (κ2) is 6.44. The van der Waals surface area contributed by atoms with Crippen LogP contribution in [0.4, 0.5) is 0 Å². The number of hydrogen-bond donors (Lipinski definition) is 1. The van der Waals surface area contributed by atoms with Crippen molar-refractivity contribution >= 4 is 0 Å². The lowest BCUT2D eigenvalue weighted by Crippen LogP contribution is -2.16. The third-order valence-corrected chi connectivity index (χ3v) is 3.09. The van der Waals surface area contributed by atoms with Crippen molar-refractivity contribution < 1.29 is 9.47 Å². The van der Waals surface area contributed by atoms with Crippen molar-refractivity contribution in [1.29, 1.82) is 0 Å². The topological polar surface area (TPSA) is 44.5 Å². The number of benzene rings is 2. The highest BCUT2D eigenvalue weighted by Crippen LogP contribution is 2.33. The lowest BCUT2D eigenvalue weighted by Gasteiger charge is -2.20. The molecular weight excluding hydrogens is 250 g/mol. The summed E-state index contributed by atoms with van der Waals surface area (Å²) >= 11 is 0. The number of methoxy groups -OCH3 is 1. The average molecular weight is 271 g/mol. The second-order valence-electron chi connectivity index (χ2n) is 4.92. The van der Waals surface area contributed by atoms with E-state index in [2.05, 4.69) is 0 Å². The Morgan fingerprint density at radius 1 is 0.850 bits per heavy atom. The zero-order chi connectivity index (χ0) is 14.5. The highest BCUT2D eigenvalue weighted by Gasteiger charge is 2.17. The van der Waals surface area contributed by atoms with Gasteiger partial charge in [-0.1, -0.05) is 36.4 Å². The number of para-hydroxylation sites is 2. The minimum absolute atomic E-state index is 0.112. The van der Waals surface area contributed by atoms with E-state index in [1.807, 2.05) is 62.4 Å².